The van der Waals surface area contributed by atoms with Crippen LogP contribution in [0.15, 0.2) is 48.5 Å². The van der Waals surface area contributed by atoms with Gasteiger partial charge in [-0.25, -0.2) is 14.5 Å². The summed E-state index contributed by atoms with van der Waals surface area (Å²) in [6.07, 6.45) is -2.30. The fourth-order valence-corrected chi connectivity index (χ4v) is 5.92. The van der Waals surface area contributed by atoms with Crippen LogP contribution in [0.1, 0.15) is 48.4 Å². The molecule has 1 heterocycles. The van der Waals surface area contributed by atoms with Gasteiger partial charge >= 0.3 is 19.9 Å². The molecule has 0 N–H and O–H groups in total. The minimum Gasteiger partial charge on any atom is -0.434 e. The standard InChI is InChI=1S/C28H28NO11P/c1-5-35-27(32)39-23-18-15-11-12-17(41(34,37-7-3)38-8-4)16-21(18)24(40-28(33)36-6-2)22(23)29-25(30)19-13-9-10-14-20(19)26(29)31/h9-16H,5-8H2,1-4H3. The zero-order valence-electron chi connectivity index (χ0n) is 22.8. The van der Waals surface area contributed by atoms with Crippen molar-refractivity contribution in [3.05, 3.63) is 59.7 Å². The third-order valence-electron chi connectivity index (χ3n) is 5.86. The monoisotopic (exact) mass is 585 g/mol. The van der Waals surface area contributed by atoms with E-state index in [9.17, 15) is 23.7 Å². The molecule has 41 heavy (non-hydrogen) atoms. The normalized spacial score (nSPS) is 12.8. The molecule has 13 heteroatoms. The Balaban J connectivity index is 2.05. The number of ether oxygens (including phenoxy) is 4. The molecular weight excluding hydrogens is 557 g/mol. The summed E-state index contributed by atoms with van der Waals surface area (Å²) in [7, 11) is -3.88. The third kappa shape index (κ3) is 5.67. The van der Waals surface area contributed by atoms with Crippen molar-refractivity contribution in [3.8, 4) is 22.6 Å². The highest BCUT2D eigenvalue weighted by Crippen LogP contribution is 2.56. The molecule has 0 saturated carbocycles. The van der Waals surface area contributed by atoms with E-state index >= 15 is 0 Å². The number of rotatable bonds is 10. The molecule has 2 amide bonds. The lowest BCUT2D eigenvalue weighted by Crippen LogP contribution is -2.30. The van der Waals surface area contributed by atoms with E-state index in [0.717, 1.165) is 4.90 Å². The van der Waals surface area contributed by atoms with Crippen LogP contribution in [0.5, 0.6) is 11.5 Å². The Kier molecular flexibility index (Phi) is 9.07. The summed E-state index contributed by atoms with van der Waals surface area (Å²) in [5.41, 5.74) is 0.0103. The van der Waals surface area contributed by atoms with Crippen molar-refractivity contribution in [2.24, 2.45) is 0 Å². The highest BCUT2D eigenvalue weighted by Gasteiger charge is 2.44. The van der Waals surface area contributed by atoms with Gasteiger partial charge in [0.15, 0.2) is 11.5 Å². The summed E-state index contributed by atoms with van der Waals surface area (Å²) in [5, 5.41) is 0.0755. The van der Waals surface area contributed by atoms with Crippen LogP contribution < -0.4 is 19.7 Å². The number of nitrogens with zero attached hydrogens (tertiary/aromatic N) is 1. The minimum atomic E-state index is -3.88. The first-order chi connectivity index (χ1) is 19.7. The number of carbonyl (C=O) groups excluding carboxylic acids is 4. The Morgan fingerprint density at radius 1 is 0.683 bits per heavy atom. The van der Waals surface area contributed by atoms with E-state index in [4.69, 9.17) is 28.0 Å². The maximum absolute atomic E-state index is 13.7. The minimum absolute atomic E-state index is 0.0319. The van der Waals surface area contributed by atoms with E-state index in [1.807, 2.05) is 0 Å². The van der Waals surface area contributed by atoms with Gasteiger partial charge in [0, 0.05) is 11.1 Å². The highest BCUT2D eigenvalue weighted by atomic mass is 31.2. The summed E-state index contributed by atoms with van der Waals surface area (Å²) in [5.74, 6) is -2.16. The fraction of sp³-hybridized carbons (Fsp3) is 0.286. The molecule has 1 aromatic carbocycles. The van der Waals surface area contributed by atoms with Gasteiger partial charge in [-0.05, 0) is 52.0 Å². The number of amides is 2. The van der Waals surface area contributed by atoms with Gasteiger partial charge in [-0.2, -0.15) is 0 Å². The summed E-state index contributed by atoms with van der Waals surface area (Å²) in [4.78, 5) is 53.0. The molecule has 0 fully saturated rings. The van der Waals surface area contributed by atoms with Crippen molar-refractivity contribution in [1.82, 2.24) is 0 Å². The predicted molar refractivity (Wildman–Crippen MR) is 146 cm³/mol. The van der Waals surface area contributed by atoms with E-state index in [1.165, 1.54) is 36.4 Å². The Morgan fingerprint density at radius 2 is 1.17 bits per heavy atom. The van der Waals surface area contributed by atoms with Crippen LogP contribution in [-0.2, 0) is 23.1 Å². The second kappa shape index (κ2) is 12.5. The number of hydrogen-bond donors (Lipinski definition) is 0. The number of anilines is 1. The molecule has 216 valence electrons. The average molecular weight is 586 g/mol. The van der Waals surface area contributed by atoms with Crippen LogP contribution in [0.25, 0.3) is 11.1 Å². The fourth-order valence-electron chi connectivity index (χ4n) is 4.31. The molecule has 0 unspecified atom stereocenters. The van der Waals surface area contributed by atoms with Gasteiger partial charge in [-0.15, -0.1) is 0 Å². The lowest BCUT2D eigenvalue weighted by Gasteiger charge is -2.17. The van der Waals surface area contributed by atoms with Crippen molar-refractivity contribution in [2.75, 3.05) is 31.3 Å². The average Bonchev–Trinajstić information content (AvgIpc) is 3.21. The first-order valence-electron chi connectivity index (χ1n) is 12.9. The smallest absolute Gasteiger partial charge is 0.434 e. The largest absolute Gasteiger partial charge is 0.513 e. The number of carbonyl (C=O) groups is 4. The lowest BCUT2D eigenvalue weighted by atomic mass is 10.1. The second-order valence-electron chi connectivity index (χ2n) is 8.32. The second-order valence-corrected chi connectivity index (χ2v) is 10.4. The van der Waals surface area contributed by atoms with Crippen molar-refractivity contribution in [3.63, 3.8) is 0 Å². The van der Waals surface area contributed by atoms with E-state index in [1.54, 1.807) is 39.8 Å². The molecule has 0 saturated heterocycles. The van der Waals surface area contributed by atoms with Gasteiger partial charge in [0.2, 0.25) is 0 Å². The SMILES string of the molecule is CCOC(=O)Oc1c2cccc(P(=O)(OCC)OCC)cc-2c(OC(=O)OCC)c1N1C(=O)c2ccccc2C1=O. The van der Waals surface area contributed by atoms with Gasteiger partial charge in [-0.3, -0.25) is 14.2 Å². The molecule has 0 spiro atoms. The summed E-state index contributed by atoms with van der Waals surface area (Å²) in [6, 6.07) is 11.9. The molecule has 1 aliphatic heterocycles. The molecule has 0 aromatic heterocycles. The first kappa shape index (κ1) is 29.7. The third-order valence-corrected chi connectivity index (χ3v) is 7.97. The van der Waals surface area contributed by atoms with Crippen molar-refractivity contribution >= 4 is 42.7 Å². The van der Waals surface area contributed by atoms with Crippen molar-refractivity contribution < 1.29 is 51.7 Å². The molecule has 12 nitrogen and oxygen atoms in total. The molecule has 0 radical (unpaired) electrons. The molecule has 0 bridgehead atoms. The summed E-state index contributed by atoms with van der Waals surface area (Å²) in [6.45, 7) is 6.46. The zero-order valence-corrected chi connectivity index (χ0v) is 23.7. The maximum Gasteiger partial charge on any atom is 0.513 e. The number of hydrogen-bond acceptors (Lipinski definition) is 11. The van der Waals surface area contributed by atoms with Gasteiger partial charge in [0.1, 0.15) is 5.69 Å². The Labute approximate surface area is 235 Å². The van der Waals surface area contributed by atoms with E-state index in [2.05, 4.69) is 0 Å². The molecule has 4 rings (SSSR count). The summed E-state index contributed by atoms with van der Waals surface area (Å²) < 4.78 is 45.7. The van der Waals surface area contributed by atoms with Gasteiger partial charge < -0.3 is 28.0 Å². The van der Waals surface area contributed by atoms with Gasteiger partial charge in [0.05, 0.1) is 42.9 Å². The quantitative estimate of drug-likeness (QED) is 0.168. The van der Waals surface area contributed by atoms with Crippen LogP contribution >= 0.6 is 7.60 Å². The summed E-state index contributed by atoms with van der Waals surface area (Å²) >= 11 is 0. The molecule has 2 aliphatic carbocycles. The van der Waals surface area contributed by atoms with Crippen LogP contribution in [-0.4, -0.2) is 50.6 Å². The first-order valence-corrected chi connectivity index (χ1v) is 14.4. The predicted octanol–water partition coefficient (Wildman–Crippen LogP) is 5.55. The van der Waals surface area contributed by atoms with Crippen LogP contribution in [0.2, 0.25) is 0 Å². The topological polar surface area (TPSA) is 144 Å². The van der Waals surface area contributed by atoms with Gasteiger partial charge in [0.25, 0.3) is 11.8 Å². The number of fused-ring (bicyclic) bond motifs is 2. The van der Waals surface area contributed by atoms with Crippen LogP contribution in [0.3, 0.4) is 0 Å². The van der Waals surface area contributed by atoms with Crippen molar-refractivity contribution in [2.45, 2.75) is 27.7 Å². The van der Waals surface area contributed by atoms with E-state index < -0.39 is 31.7 Å². The molecule has 1 aromatic rings. The Bertz CT molecular complexity index is 1470. The number of benzene rings is 1. The molecule has 0 atom stereocenters. The number of imide groups is 1. The maximum atomic E-state index is 13.7. The Morgan fingerprint density at radius 3 is 1.66 bits per heavy atom. The van der Waals surface area contributed by atoms with Gasteiger partial charge in [-0.1, -0.05) is 24.3 Å². The lowest BCUT2D eigenvalue weighted by molar-refractivity contribution is 0.0906. The Hall–Kier alpha value is -4.25. The van der Waals surface area contributed by atoms with Crippen LogP contribution in [0, 0.1) is 0 Å². The van der Waals surface area contributed by atoms with Crippen LogP contribution in [0.4, 0.5) is 15.3 Å². The highest BCUT2D eigenvalue weighted by molar-refractivity contribution is 7.62. The van der Waals surface area contributed by atoms with E-state index in [0.29, 0.717) is 0 Å². The molecule has 3 aliphatic rings. The molecular formula is C28H28NO11P. The van der Waals surface area contributed by atoms with Crippen molar-refractivity contribution in [1.29, 1.82) is 0 Å². The zero-order chi connectivity index (χ0) is 29.7. The van der Waals surface area contributed by atoms with E-state index in [-0.39, 0.29) is 71.2 Å².